The van der Waals surface area contributed by atoms with Gasteiger partial charge in [-0.15, -0.1) is 11.6 Å². The quantitative estimate of drug-likeness (QED) is 0.366. The largest absolute Gasteiger partial charge is 0.296 e. The van der Waals surface area contributed by atoms with Gasteiger partial charge in [0.1, 0.15) is 10.8 Å². The number of aromatic nitrogens is 2. The van der Waals surface area contributed by atoms with Crippen LogP contribution in [0.1, 0.15) is 18.3 Å². The van der Waals surface area contributed by atoms with Gasteiger partial charge in [0.25, 0.3) is 5.69 Å². The standard InChI is InChI=1S/C17H15Cl2N3O2/c1-2-17-20-14-10-15(22(23)24)13(19)9-16(14)21(17)12-5-3-11(4-6-12)7-8-18/h3-6,9-10H,2,7-8H2,1H3. The van der Waals surface area contributed by atoms with E-state index in [1.807, 2.05) is 35.8 Å². The van der Waals surface area contributed by atoms with Crippen molar-refractivity contribution in [1.82, 2.24) is 9.55 Å². The van der Waals surface area contributed by atoms with Crippen LogP contribution in [0.25, 0.3) is 16.7 Å². The lowest BCUT2D eigenvalue weighted by atomic mass is 10.1. The van der Waals surface area contributed by atoms with E-state index in [0.29, 0.717) is 17.8 Å². The van der Waals surface area contributed by atoms with Crippen molar-refractivity contribution in [2.24, 2.45) is 0 Å². The number of halogens is 2. The van der Waals surface area contributed by atoms with E-state index in [0.717, 1.165) is 29.0 Å². The molecule has 0 amide bonds. The Labute approximate surface area is 149 Å². The summed E-state index contributed by atoms with van der Waals surface area (Å²) in [5.74, 6) is 1.40. The van der Waals surface area contributed by atoms with Crippen molar-refractivity contribution >= 4 is 39.9 Å². The monoisotopic (exact) mass is 363 g/mol. The molecular formula is C17H15Cl2N3O2. The molecule has 0 atom stereocenters. The highest BCUT2D eigenvalue weighted by atomic mass is 35.5. The molecule has 0 aliphatic heterocycles. The molecule has 1 aromatic heterocycles. The van der Waals surface area contributed by atoms with Crippen LogP contribution in [0.5, 0.6) is 0 Å². The molecule has 3 rings (SSSR count). The molecule has 0 saturated heterocycles. The number of rotatable bonds is 5. The van der Waals surface area contributed by atoms with Gasteiger partial charge in [-0.2, -0.15) is 0 Å². The number of nitrogens with zero attached hydrogens (tertiary/aromatic N) is 3. The summed E-state index contributed by atoms with van der Waals surface area (Å²) in [4.78, 5) is 15.1. The van der Waals surface area contributed by atoms with Gasteiger partial charge in [-0.05, 0) is 30.2 Å². The fourth-order valence-corrected chi connectivity index (χ4v) is 3.17. The maximum Gasteiger partial charge on any atom is 0.290 e. The van der Waals surface area contributed by atoms with Gasteiger partial charge in [0, 0.05) is 24.1 Å². The first-order valence-corrected chi connectivity index (χ1v) is 8.47. The van der Waals surface area contributed by atoms with Crippen molar-refractivity contribution in [3.63, 3.8) is 0 Å². The zero-order valence-corrected chi connectivity index (χ0v) is 14.5. The third-order valence-corrected chi connectivity index (χ3v) is 4.37. The average molecular weight is 364 g/mol. The maximum atomic E-state index is 11.1. The van der Waals surface area contributed by atoms with Crippen LogP contribution in [0.3, 0.4) is 0 Å². The van der Waals surface area contributed by atoms with Crippen molar-refractivity contribution in [3.8, 4) is 5.69 Å². The van der Waals surface area contributed by atoms with E-state index in [1.54, 1.807) is 6.07 Å². The van der Waals surface area contributed by atoms with Gasteiger partial charge < -0.3 is 0 Å². The molecule has 0 aliphatic rings. The lowest BCUT2D eigenvalue weighted by Gasteiger charge is -2.09. The zero-order chi connectivity index (χ0) is 17.3. The van der Waals surface area contributed by atoms with E-state index < -0.39 is 4.92 Å². The minimum absolute atomic E-state index is 0.107. The van der Waals surface area contributed by atoms with Crippen LogP contribution in [0.4, 0.5) is 5.69 Å². The van der Waals surface area contributed by atoms with Crippen LogP contribution < -0.4 is 0 Å². The minimum atomic E-state index is -0.493. The van der Waals surface area contributed by atoms with Gasteiger partial charge in [-0.25, -0.2) is 4.98 Å². The van der Waals surface area contributed by atoms with E-state index in [2.05, 4.69) is 4.98 Å². The van der Waals surface area contributed by atoms with Crippen LogP contribution in [0.15, 0.2) is 36.4 Å². The van der Waals surface area contributed by atoms with Gasteiger partial charge in [0.2, 0.25) is 0 Å². The summed E-state index contributed by atoms with van der Waals surface area (Å²) >= 11 is 11.9. The number of nitro groups is 1. The van der Waals surface area contributed by atoms with E-state index in [1.165, 1.54) is 6.07 Å². The average Bonchev–Trinajstić information content (AvgIpc) is 2.92. The normalized spacial score (nSPS) is 11.1. The molecule has 2 aromatic carbocycles. The van der Waals surface area contributed by atoms with Crippen molar-refractivity contribution in [1.29, 1.82) is 0 Å². The van der Waals surface area contributed by atoms with Gasteiger partial charge in [-0.1, -0.05) is 30.7 Å². The summed E-state index contributed by atoms with van der Waals surface area (Å²) in [5, 5.41) is 11.2. The predicted octanol–water partition coefficient (Wildman–Crippen LogP) is 4.93. The molecule has 5 nitrogen and oxygen atoms in total. The molecule has 0 unspecified atom stereocenters. The fourth-order valence-electron chi connectivity index (χ4n) is 2.72. The highest BCUT2D eigenvalue weighted by Crippen LogP contribution is 2.32. The molecule has 0 spiro atoms. The summed E-state index contributed by atoms with van der Waals surface area (Å²) in [7, 11) is 0. The number of imidazole rings is 1. The minimum Gasteiger partial charge on any atom is -0.296 e. The highest BCUT2D eigenvalue weighted by Gasteiger charge is 2.19. The lowest BCUT2D eigenvalue weighted by Crippen LogP contribution is -2.00. The number of nitro benzene ring substituents is 1. The number of benzene rings is 2. The second-order valence-corrected chi connectivity index (χ2v) is 6.16. The van der Waals surface area contributed by atoms with E-state index in [-0.39, 0.29) is 10.7 Å². The van der Waals surface area contributed by atoms with Gasteiger partial charge in [0.05, 0.1) is 16.0 Å². The molecule has 7 heteroatoms. The molecule has 124 valence electrons. The Kier molecular flexibility index (Phi) is 4.73. The third-order valence-electron chi connectivity index (χ3n) is 3.88. The molecule has 24 heavy (non-hydrogen) atoms. The molecule has 1 heterocycles. The van der Waals surface area contributed by atoms with E-state index in [9.17, 15) is 10.1 Å². The predicted molar refractivity (Wildman–Crippen MR) is 96.5 cm³/mol. The Bertz CT molecular complexity index is 904. The van der Waals surface area contributed by atoms with Gasteiger partial charge >= 0.3 is 0 Å². The zero-order valence-electron chi connectivity index (χ0n) is 13.0. The molecule has 0 N–H and O–H groups in total. The second kappa shape index (κ2) is 6.79. The molecule has 3 aromatic rings. The molecular weight excluding hydrogens is 349 g/mol. The number of alkyl halides is 1. The second-order valence-electron chi connectivity index (χ2n) is 5.37. The first-order chi connectivity index (χ1) is 11.5. The van der Waals surface area contributed by atoms with E-state index >= 15 is 0 Å². The molecule has 0 bridgehead atoms. The lowest BCUT2D eigenvalue weighted by molar-refractivity contribution is -0.384. The number of fused-ring (bicyclic) bond motifs is 1. The van der Waals surface area contributed by atoms with Crippen molar-refractivity contribution < 1.29 is 4.92 Å². The first kappa shape index (κ1) is 16.7. The molecule has 0 aliphatic carbocycles. The van der Waals surface area contributed by atoms with Crippen molar-refractivity contribution in [2.45, 2.75) is 19.8 Å². The number of hydrogen-bond donors (Lipinski definition) is 0. The maximum absolute atomic E-state index is 11.1. The Morgan fingerprint density at radius 3 is 2.54 bits per heavy atom. The van der Waals surface area contributed by atoms with Crippen LogP contribution in [0, 0.1) is 10.1 Å². The van der Waals surface area contributed by atoms with Crippen LogP contribution >= 0.6 is 23.2 Å². The van der Waals surface area contributed by atoms with Gasteiger partial charge in [-0.3, -0.25) is 14.7 Å². The summed E-state index contributed by atoms with van der Waals surface area (Å²) in [6.07, 6.45) is 1.51. The molecule has 0 fully saturated rings. The Morgan fingerprint density at radius 1 is 1.25 bits per heavy atom. The Morgan fingerprint density at radius 2 is 1.96 bits per heavy atom. The van der Waals surface area contributed by atoms with Crippen molar-refractivity contribution in [3.05, 3.63) is 62.9 Å². The summed E-state index contributed by atoms with van der Waals surface area (Å²) in [6, 6.07) is 11.1. The fraction of sp³-hybridized carbons (Fsp3) is 0.235. The summed E-state index contributed by atoms with van der Waals surface area (Å²) in [5.41, 5.74) is 3.29. The smallest absolute Gasteiger partial charge is 0.290 e. The summed E-state index contributed by atoms with van der Waals surface area (Å²) in [6.45, 7) is 2.00. The topological polar surface area (TPSA) is 61.0 Å². The Hall–Kier alpha value is -2.11. The molecule has 0 saturated carbocycles. The third kappa shape index (κ3) is 2.97. The first-order valence-electron chi connectivity index (χ1n) is 7.55. The Balaban J connectivity index is 2.19. The highest BCUT2D eigenvalue weighted by molar-refractivity contribution is 6.33. The van der Waals surface area contributed by atoms with E-state index in [4.69, 9.17) is 23.2 Å². The number of aryl methyl sites for hydroxylation is 2. The summed E-state index contributed by atoms with van der Waals surface area (Å²) < 4.78 is 1.98. The SMILES string of the molecule is CCc1nc2cc([N+](=O)[O-])c(Cl)cc2n1-c1ccc(CCCl)cc1. The van der Waals surface area contributed by atoms with Gasteiger partial charge in [0.15, 0.2) is 0 Å². The molecule has 0 radical (unpaired) electrons. The van der Waals surface area contributed by atoms with Crippen LogP contribution in [0.2, 0.25) is 5.02 Å². The van der Waals surface area contributed by atoms with Crippen molar-refractivity contribution in [2.75, 3.05) is 5.88 Å². The van der Waals surface area contributed by atoms with Crippen LogP contribution in [-0.4, -0.2) is 20.4 Å². The van der Waals surface area contributed by atoms with Crippen LogP contribution in [-0.2, 0) is 12.8 Å². The number of hydrogen-bond acceptors (Lipinski definition) is 3.